The maximum Gasteiger partial charge on any atom is 0.301 e. The van der Waals surface area contributed by atoms with E-state index in [-0.39, 0.29) is 5.71 Å². The average molecular weight is 450 g/mol. The highest BCUT2D eigenvalue weighted by Crippen LogP contribution is 2.35. The number of methoxy groups -OCH3 is 1. The van der Waals surface area contributed by atoms with Gasteiger partial charge in [0.1, 0.15) is 11.5 Å². The van der Waals surface area contributed by atoms with Gasteiger partial charge in [-0.25, -0.2) is 0 Å². The smallest absolute Gasteiger partial charge is 0.301 e. The second kappa shape index (κ2) is 7.81. The number of benzene rings is 1. The molecule has 0 saturated carbocycles. The average Bonchev–Trinajstić information content (AvgIpc) is 2.51. The van der Waals surface area contributed by atoms with Crippen molar-refractivity contribution >= 4 is 81.4 Å². The Balaban J connectivity index is 2.25. The monoisotopic (exact) mass is 447 g/mol. The van der Waals surface area contributed by atoms with Crippen LogP contribution in [0.1, 0.15) is 5.56 Å². The lowest BCUT2D eigenvalue weighted by molar-refractivity contribution is 0.221. The van der Waals surface area contributed by atoms with Crippen molar-refractivity contribution in [2.45, 2.75) is 7.71 Å². The van der Waals surface area contributed by atoms with E-state index in [4.69, 9.17) is 74.3 Å². The van der Waals surface area contributed by atoms with Crippen LogP contribution in [0.2, 0.25) is 0 Å². The summed E-state index contributed by atoms with van der Waals surface area (Å²) in [6, 6.07) is 7.44. The molecule has 0 amide bonds. The van der Waals surface area contributed by atoms with Crippen molar-refractivity contribution in [3.63, 3.8) is 0 Å². The molecule has 1 N–H and O–H groups in total. The van der Waals surface area contributed by atoms with Gasteiger partial charge in [-0.3, -0.25) is 5.43 Å². The fraction of sp³-hybridized carbons (Fsp3) is 0.214. The third-order valence-corrected chi connectivity index (χ3v) is 3.90. The van der Waals surface area contributed by atoms with Gasteiger partial charge in [0.05, 0.1) is 12.8 Å². The first-order chi connectivity index (χ1) is 11.1. The third kappa shape index (κ3) is 5.51. The molecule has 1 aromatic rings. The van der Waals surface area contributed by atoms with Crippen LogP contribution in [0.15, 0.2) is 47.2 Å². The Kier molecular flexibility index (Phi) is 6.46. The van der Waals surface area contributed by atoms with E-state index in [9.17, 15) is 0 Å². The Labute approximate surface area is 169 Å². The number of allylic oxidation sites excluding steroid dienone is 2. The van der Waals surface area contributed by atoms with Gasteiger partial charge < -0.3 is 4.74 Å². The number of nitrogens with one attached hydrogen (secondary N) is 1. The lowest BCUT2D eigenvalue weighted by atomic mass is 10.2. The Hall–Kier alpha value is -0.490. The zero-order valence-electron chi connectivity index (χ0n) is 12.1. The molecule has 1 aliphatic heterocycles. The summed E-state index contributed by atoms with van der Waals surface area (Å²) in [5, 5.41) is 4.95. The Morgan fingerprint density at radius 1 is 1.04 bits per heavy atom. The van der Waals surface area contributed by atoms with Crippen LogP contribution >= 0.6 is 69.6 Å². The molecule has 0 unspecified atom stereocenters. The van der Waals surface area contributed by atoms with Gasteiger partial charge in [-0.2, -0.15) is 10.2 Å². The van der Waals surface area contributed by atoms with Crippen LogP contribution in [-0.4, -0.2) is 25.6 Å². The van der Waals surface area contributed by atoms with Crippen LogP contribution in [0.4, 0.5) is 0 Å². The number of nitrogens with zero attached hydrogens (tertiary/aromatic N) is 2. The second-order valence-corrected chi connectivity index (χ2v) is 9.08. The molecule has 24 heavy (non-hydrogen) atoms. The van der Waals surface area contributed by atoms with Crippen molar-refractivity contribution in [3.05, 3.63) is 47.7 Å². The summed E-state index contributed by atoms with van der Waals surface area (Å²) in [6.45, 7) is 0. The van der Waals surface area contributed by atoms with Gasteiger partial charge >= 0.3 is 3.92 Å². The van der Waals surface area contributed by atoms with Gasteiger partial charge in [-0.05, 0) is 29.8 Å². The Bertz CT molecular complexity index is 673. The highest BCUT2D eigenvalue weighted by atomic mass is 35.6. The van der Waals surface area contributed by atoms with Crippen molar-refractivity contribution in [1.82, 2.24) is 10.5 Å². The third-order valence-electron chi connectivity index (χ3n) is 2.84. The molecule has 10 heteroatoms. The quantitative estimate of drug-likeness (QED) is 0.491. The fourth-order valence-corrected chi connectivity index (χ4v) is 2.23. The number of ether oxygens (including phenoxy) is 1. The van der Waals surface area contributed by atoms with Gasteiger partial charge in [0, 0.05) is 0 Å². The van der Waals surface area contributed by atoms with Gasteiger partial charge in [0.2, 0.25) is 3.79 Å². The second-order valence-electron chi connectivity index (χ2n) is 4.58. The highest BCUT2D eigenvalue weighted by molar-refractivity contribution is 6.77. The van der Waals surface area contributed by atoms with Crippen molar-refractivity contribution in [1.29, 1.82) is 0 Å². The minimum atomic E-state index is -1.87. The lowest BCUT2D eigenvalue weighted by Crippen LogP contribution is -2.45. The zero-order chi connectivity index (χ0) is 18.0. The molecular weight excluding hydrogens is 439 g/mol. The molecule has 0 radical (unpaired) electrons. The van der Waals surface area contributed by atoms with Crippen LogP contribution in [-0.2, 0) is 0 Å². The van der Waals surface area contributed by atoms with E-state index in [2.05, 4.69) is 10.5 Å². The lowest BCUT2D eigenvalue weighted by Gasteiger charge is -2.32. The summed E-state index contributed by atoms with van der Waals surface area (Å²) in [7, 11) is 1.60. The van der Waals surface area contributed by atoms with Crippen molar-refractivity contribution < 1.29 is 4.74 Å². The topological polar surface area (TPSA) is 36.9 Å². The van der Waals surface area contributed by atoms with E-state index in [1.165, 1.54) is 0 Å². The summed E-state index contributed by atoms with van der Waals surface area (Å²) in [5.74, 6) is 0.759. The van der Waals surface area contributed by atoms with Gasteiger partial charge in [0.25, 0.3) is 0 Å². The zero-order valence-corrected chi connectivity index (χ0v) is 16.6. The van der Waals surface area contributed by atoms with Crippen LogP contribution in [0.5, 0.6) is 5.75 Å². The number of hydrazone groups is 1. The largest absolute Gasteiger partial charge is 0.497 e. The van der Waals surface area contributed by atoms with Gasteiger partial charge in [0.15, 0.2) is 0 Å². The summed E-state index contributed by atoms with van der Waals surface area (Å²) in [6.07, 6.45) is 5.10. The van der Waals surface area contributed by atoms with E-state index >= 15 is 0 Å². The minimum absolute atomic E-state index is 0.104. The predicted molar refractivity (Wildman–Crippen MR) is 103 cm³/mol. The Morgan fingerprint density at radius 2 is 1.67 bits per heavy atom. The molecule has 1 aliphatic rings. The molecule has 2 rings (SSSR count). The van der Waals surface area contributed by atoms with Crippen LogP contribution in [0.3, 0.4) is 0 Å². The first kappa shape index (κ1) is 19.8. The molecular formula is C14H11Cl6N3O. The number of halogens is 6. The summed E-state index contributed by atoms with van der Waals surface area (Å²) < 4.78 is 1.47. The summed E-state index contributed by atoms with van der Waals surface area (Å²) in [5.41, 5.74) is 4.37. The first-order valence-electron chi connectivity index (χ1n) is 6.43. The van der Waals surface area contributed by atoms with Crippen LogP contribution in [0.25, 0.3) is 6.08 Å². The van der Waals surface area contributed by atoms with Crippen molar-refractivity contribution in [2.24, 2.45) is 5.10 Å². The molecule has 0 spiro atoms. The molecule has 0 aliphatic carbocycles. The molecule has 4 nitrogen and oxygen atoms in total. The number of hydrogen-bond donors (Lipinski definition) is 1. The van der Waals surface area contributed by atoms with Gasteiger partial charge in [-0.1, -0.05) is 87.8 Å². The Morgan fingerprint density at radius 3 is 2.17 bits per heavy atom. The molecule has 0 aromatic heterocycles. The number of rotatable bonds is 3. The molecule has 0 saturated heterocycles. The summed E-state index contributed by atoms with van der Waals surface area (Å²) >= 11 is 35.1. The summed E-state index contributed by atoms with van der Waals surface area (Å²) in [4.78, 5) is 0. The number of alkyl halides is 6. The van der Waals surface area contributed by atoms with Crippen molar-refractivity contribution in [2.75, 3.05) is 7.11 Å². The van der Waals surface area contributed by atoms with Crippen molar-refractivity contribution in [3.8, 4) is 5.75 Å². The fourth-order valence-electron chi connectivity index (χ4n) is 1.71. The van der Waals surface area contributed by atoms with E-state index < -0.39 is 7.71 Å². The van der Waals surface area contributed by atoms with Crippen LogP contribution < -0.4 is 10.2 Å². The van der Waals surface area contributed by atoms with E-state index in [1.807, 2.05) is 30.3 Å². The molecule has 130 valence electrons. The van der Waals surface area contributed by atoms with E-state index in [0.717, 1.165) is 16.4 Å². The molecule has 0 atom stereocenters. The number of hydrazine groups is 1. The van der Waals surface area contributed by atoms with E-state index in [1.54, 1.807) is 19.3 Å². The standard InChI is InChI=1S/C14H11Cl6N3O/c1-24-11-6-3-9(4-7-11)2-5-10-8-12(13(15,16)17)22-23(21-10)14(18,19)20/h2-8,21H,1H3/b5-2+. The predicted octanol–water partition coefficient (Wildman–Crippen LogP) is 5.47. The first-order valence-corrected chi connectivity index (χ1v) is 8.69. The molecule has 0 fully saturated rings. The van der Waals surface area contributed by atoms with Crippen LogP contribution in [0, 0.1) is 0 Å². The maximum absolute atomic E-state index is 5.88. The molecule has 0 bridgehead atoms. The molecule has 1 aromatic carbocycles. The maximum atomic E-state index is 5.88. The number of hydrogen-bond acceptors (Lipinski definition) is 4. The minimum Gasteiger partial charge on any atom is -0.497 e. The van der Waals surface area contributed by atoms with Gasteiger partial charge in [-0.15, -0.1) is 0 Å². The van der Waals surface area contributed by atoms with E-state index in [0.29, 0.717) is 5.70 Å². The highest BCUT2D eigenvalue weighted by Gasteiger charge is 2.36. The normalized spacial score (nSPS) is 15.9. The SMILES string of the molecule is COc1ccc(/C=C/C2=CC(C(Cl)(Cl)Cl)=NN(C(Cl)(Cl)Cl)N2)cc1. The molecule has 1 heterocycles.